The molecule has 0 aliphatic heterocycles. The molecule has 0 aliphatic rings. The van der Waals surface area contributed by atoms with E-state index in [1.807, 2.05) is 30.5 Å². The van der Waals surface area contributed by atoms with Gasteiger partial charge < -0.3 is 20.1 Å². The summed E-state index contributed by atoms with van der Waals surface area (Å²) in [6, 6.07) is 7.63. The smallest absolute Gasteiger partial charge is 0.404 e. The van der Waals surface area contributed by atoms with Crippen molar-refractivity contribution in [2.75, 3.05) is 13.2 Å². The third kappa shape index (κ3) is 2.25. The van der Waals surface area contributed by atoms with Crippen LogP contribution in [0.2, 0.25) is 0 Å². The Balaban J connectivity index is 1.98. The van der Waals surface area contributed by atoms with Gasteiger partial charge in [0.1, 0.15) is 12.4 Å². The summed E-state index contributed by atoms with van der Waals surface area (Å²) in [5.41, 5.74) is 1.00. The molecule has 0 fully saturated rings. The van der Waals surface area contributed by atoms with Crippen LogP contribution < -0.4 is 10.1 Å². The van der Waals surface area contributed by atoms with Crippen LogP contribution in [-0.4, -0.2) is 29.3 Å². The van der Waals surface area contributed by atoms with Crippen LogP contribution in [0.5, 0.6) is 5.75 Å². The van der Waals surface area contributed by atoms with Crippen molar-refractivity contribution in [1.82, 2.24) is 10.3 Å². The van der Waals surface area contributed by atoms with Gasteiger partial charge >= 0.3 is 6.09 Å². The van der Waals surface area contributed by atoms with Crippen LogP contribution in [0.4, 0.5) is 4.79 Å². The molecule has 2 rings (SSSR count). The van der Waals surface area contributed by atoms with Gasteiger partial charge in [0.25, 0.3) is 0 Å². The minimum atomic E-state index is -1.04. The first-order valence-corrected chi connectivity index (χ1v) is 4.93. The maximum absolute atomic E-state index is 10.2. The van der Waals surface area contributed by atoms with E-state index in [-0.39, 0.29) is 6.54 Å². The maximum Gasteiger partial charge on any atom is 0.404 e. The Morgan fingerprint density at radius 2 is 2.31 bits per heavy atom. The summed E-state index contributed by atoms with van der Waals surface area (Å²) in [4.78, 5) is 13.3. The molecule has 16 heavy (non-hydrogen) atoms. The van der Waals surface area contributed by atoms with Crippen molar-refractivity contribution in [3.8, 4) is 5.75 Å². The highest BCUT2D eigenvalue weighted by atomic mass is 16.5. The van der Waals surface area contributed by atoms with Crippen molar-refractivity contribution in [2.24, 2.45) is 0 Å². The van der Waals surface area contributed by atoms with E-state index >= 15 is 0 Å². The normalized spacial score (nSPS) is 10.2. The summed E-state index contributed by atoms with van der Waals surface area (Å²) >= 11 is 0. The van der Waals surface area contributed by atoms with Gasteiger partial charge in [-0.1, -0.05) is 6.07 Å². The van der Waals surface area contributed by atoms with E-state index in [9.17, 15) is 4.79 Å². The number of aromatic nitrogens is 1. The summed E-state index contributed by atoms with van der Waals surface area (Å²) in [5, 5.41) is 11.6. The Bertz CT molecular complexity index is 493. The van der Waals surface area contributed by atoms with E-state index in [0.717, 1.165) is 16.7 Å². The predicted molar refractivity (Wildman–Crippen MR) is 59.8 cm³/mol. The molecule has 0 unspecified atom stereocenters. The Labute approximate surface area is 92.0 Å². The minimum Gasteiger partial charge on any atom is -0.491 e. The molecule has 1 aromatic carbocycles. The average Bonchev–Trinajstić information content (AvgIpc) is 2.72. The summed E-state index contributed by atoms with van der Waals surface area (Å²) in [5.74, 6) is 0.755. The van der Waals surface area contributed by atoms with Crippen molar-refractivity contribution in [3.05, 3.63) is 30.5 Å². The third-order valence-electron chi connectivity index (χ3n) is 2.19. The first-order valence-electron chi connectivity index (χ1n) is 4.93. The first kappa shape index (κ1) is 10.4. The highest BCUT2D eigenvalue weighted by molar-refractivity contribution is 5.85. The Morgan fingerprint density at radius 1 is 1.44 bits per heavy atom. The number of rotatable bonds is 4. The van der Waals surface area contributed by atoms with Gasteiger partial charge in [0.2, 0.25) is 0 Å². The monoisotopic (exact) mass is 220 g/mol. The van der Waals surface area contributed by atoms with Crippen LogP contribution in [0.1, 0.15) is 0 Å². The molecule has 0 bridgehead atoms. The standard InChI is InChI=1S/C11H12N2O3/c14-11(15)13-6-7-16-10-3-1-2-9-8(10)4-5-12-9/h1-5,12-13H,6-7H2,(H,14,15). The topological polar surface area (TPSA) is 74.3 Å². The summed E-state index contributed by atoms with van der Waals surface area (Å²) in [6.07, 6.45) is 0.802. The number of ether oxygens (including phenoxy) is 1. The highest BCUT2D eigenvalue weighted by Gasteiger charge is 2.02. The van der Waals surface area contributed by atoms with Crippen molar-refractivity contribution in [2.45, 2.75) is 0 Å². The van der Waals surface area contributed by atoms with Gasteiger partial charge in [-0.2, -0.15) is 0 Å². The van der Waals surface area contributed by atoms with E-state index < -0.39 is 6.09 Å². The number of aromatic amines is 1. The molecule has 0 spiro atoms. The molecule has 5 nitrogen and oxygen atoms in total. The van der Waals surface area contributed by atoms with E-state index in [1.54, 1.807) is 0 Å². The number of H-pyrrole nitrogens is 1. The lowest BCUT2D eigenvalue weighted by Gasteiger charge is -2.06. The number of carboxylic acid groups (broad SMARTS) is 1. The Morgan fingerprint density at radius 3 is 3.12 bits per heavy atom. The van der Waals surface area contributed by atoms with Crippen molar-refractivity contribution < 1.29 is 14.6 Å². The highest BCUT2D eigenvalue weighted by Crippen LogP contribution is 2.24. The molecule has 1 heterocycles. The molecule has 84 valence electrons. The van der Waals surface area contributed by atoms with Crippen molar-refractivity contribution >= 4 is 17.0 Å². The van der Waals surface area contributed by atoms with E-state index in [0.29, 0.717) is 6.61 Å². The van der Waals surface area contributed by atoms with Gasteiger partial charge in [-0.25, -0.2) is 4.79 Å². The van der Waals surface area contributed by atoms with Crippen LogP contribution >= 0.6 is 0 Å². The number of benzene rings is 1. The summed E-state index contributed by atoms with van der Waals surface area (Å²) in [7, 11) is 0. The van der Waals surface area contributed by atoms with Crippen LogP contribution in [-0.2, 0) is 0 Å². The van der Waals surface area contributed by atoms with Crippen LogP contribution in [0, 0.1) is 0 Å². The van der Waals surface area contributed by atoms with Gasteiger partial charge in [-0.3, -0.25) is 0 Å². The summed E-state index contributed by atoms with van der Waals surface area (Å²) in [6.45, 7) is 0.590. The van der Waals surface area contributed by atoms with Gasteiger partial charge in [0, 0.05) is 17.1 Å². The van der Waals surface area contributed by atoms with Crippen LogP contribution in [0.25, 0.3) is 10.9 Å². The number of hydrogen-bond donors (Lipinski definition) is 3. The van der Waals surface area contributed by atoms with Crippen molar-refractivity contribution in [3.63, 3.8) is 0 Å². The SMILES string of the molecule is O=C(O)NCCOc1cccc2[nH]ccc12. The largest absolute Gasteiger partial charge is 0.491 e. The molecule has 1 amide bonds. The number of hydrogen-bond acceptors (Lipinski definition) is 2. The van der Waals surface area contributed by atoms with E-state index in [1.165, 1.54) is 0 Å². The number of nitrogens with one attached hydrogen (secondary N) is 2. The molecule has 0 radical (unpaired) electrons. The number of amides is 1. The second-order valence-electron chi connectivity index (χ2n) is 3.28. The fraction of sp³-hybridized carbons (Fsp3) is 0.182. The molecule has 0 atom stereocenters. The minimum absolute atomic E-state index is 0.274. The lowest BCUT2D eigenvalue weighted by atomic mass is 10.2. The fourth-order valence-corrected chi connectivity index (χ4v) is 1.50. The van der Waals surface area contributed by atoms with Gasteiger partial charge in [0.05, 0.1) is 6.54 Å². The fourth-order valence-electron chi connectivity index (χ4n) is 1.50. The molecule has 0 saturated carbocycles. The average molecular weight is 220 g/mol. The first-order chi connectivity index (χ1) is 7.77. The maximum atomic E-state index is 10.2. The van der Waals surface area contributed by atoms with Gasteiger partial charge in [-0.15, -0.1) is 0 Å². The molecule has 0 aliphatic carbocycles. The third-order valence-corrected chi connectivity index (χ3v) is 2.19. The molecular weight excluding hydrogens is 208 g/mol. The molecule has 0 saturated heterocycles. The molecular formula is C11H12N2O3. The van der Waals surface area contributed by atoms with Gasteiger partial charge in [-0.05, 0) is 18.2 Å². The molecule has 2 aromatic rings. The molecule has 1 aromatic heterocycles. The second-order valence-corrected chi connectivity index (χ2v) is 3.28. The van der Waals surface area contributed by atoms with Crippen LogP contribution in [0.3, 0.4) is 0 Å². The lowest BCUT2D eigenvalue weighted by Crippen LogP contribution is -2.26. The quantitative estimate of drug-likeness (QED) is 0.688. The zero-order valence-electron chi connectivity index (χ0n) is 8.56. The van der Waals surface area contributed by atoms with Crippen LogP contribution in [0.15, 0.2) is 30.5 Å². The Hall–Kier alpha value is -2.17. The lowest BCUT2D eigenvalue weighted by molar-refractivity contribution is 0.191. The zero-order valence-corrected chi connectivity index (χ0v) is 8.56. The molecule has 5 heteroatoms. The number of fused-ring (bicyclic) bond motifs is 1. The van der Waals surface area contributed by atoms with Crippen molar-refractivity contribution in [1.29, 1.82) is 0 Å². The van der Waals surface area contributed by atoms with E-state index in [4.69, 9.17) is 9.84 Å². The predicted octanol–water partition coefficient (Wildman–Crippen LogP) is 1.81. The van der Waals surface area contributed by atoms with E-state index in [2.05, 4.69) is 10.3 Å². The summed E-state index contributed by atoms with van der Waals surface area (Å²) < 4.78 is 5.48. The Kier molecular flexibility index (Phi) is 2.95. The second kappa shape index (κ2) is 4.57. The molecule has 3 N–H and O–H groups in total. The zero-order chi connectivity index (χ0) is 11.4. The van der Waals surface area contributed by atoms with Gasteiger partial charge in [0.15, 0.2) is 0 Å². The number of carbonyl (C=O) groups is 1.